The molecule has 1 aromatic rings. The summed E-state index contributed by atoms with van der Waals surface area (Å²) in [4.78, 5) is 19.2. The molecule has 1 unspecified atom stereocenters. The van der Waals surface area contributed by atoms with Crippen molar-refractivity contribution in [2.24, 2.45) is 5.92 Å². The highest BCUT2D eigenvalue weighted by molar-refractivity contribution is 5.81. The Morgan fingerprint density at radius 1 is 1.48 bits per heavy atom. The van der Waals surface area contributed by atoms with Crippen LogP contribution < -0.4 is 0 Å². The molecule has 1 aliphatic carbocycles. The molecule has 0 bridgehead atoms. The SMILES string of the molecule is CCOCC1c2c(ncn2C(C)C)CCN1C(=O)C1CC1. The number of carbonyl (C=O) groups excluding carboxylic acids is 1. The summed E-state index contributed by atoms with van der Waals surface area (Å²) >= 11 is 0. The second kappa shape index (κ2) is 5.79. The lowest BCUT2D eigenvalue weighted by Crippen LogP contribution is -2.43. The number of fused-ring (bicyclic) bond motifs is 1. The molecule has 1 aromatic heterocycles. The number of hydrogen-bond donors (Lipinski definition) is 0. The Hall–Kier alpha value is -1.36. The summed E-state index contributed by atoms with van der Waals surface area (Å²) in [6.45, 7) is 8.32. The third-order valence-corrected chi connectivity index (χ3v) is 4.44. The van der Waals surface area contributed by atoms with Crippen LogP contribution in [-0.2, 0) is 16.0 Å². The average molecular weight is 291 g/mol. The normalized spacial score (nSPS) is 21.7. The first-order chi connectivity index (χ1) is 10.1. The van der Waals surface area contributed by atoms with E-state index in [9.17, 15) is 4.79 Å². The van der Waals surface area contributed by atoms with Gasteiger partial charge >= 0.3 is 0 Å². The van der Waals surface area contributed by atoms with Crippen molar-refractivity contribution in [1.29, 1.82) is 0 Å². The van der Waals surface area contributed by atoms with E-state index in [0.29, 0.717) is 25.2 Å². The number of imidazole rings is 1. The van der Waals surface area contributed by atoms with Gasteiger partial charge in [0.1, 0.15) is 0 Å². The molecule has 0 saturated heterocycles. The van der Waals surface area contributed by atoms with Gasteiger partial charge in [-0.1, -0.05) is 0 Å². The van der Waals surface area contributed by atoms with Gasteiger partial charge in [-0.05, 0) is 33.6 Å². The van der Waals surface area contributed by atoms with Gasteiger partial charge in [0, 0.05) is 31.5 Å². The third-order valence-electron chi connectivity index (χ3n) is 4.44. The molecule has 0 aromatic carbocycles. The van der Waals surface area contributed by atoms with E-state index in [4.69, 9.17) is 4.74 Å². The lowest BCUT2D eigenvalue weighted by Gasteiger charge is -2.37. The van der Waals surface area contributed by atoms with E-state index in [1.807, 2.05) is 18.2 Å². The molecule has 2 heterocycles. The van der Waals surface area contributed by atoms with Crippen molar-refractivity contribution in [3.63, 3.8) is 0 Å². The van der Waals surface area contributed by atoms with E-state index < -0.39 is 0 Å². The number of rotatable bonds is 5. The molecule has 1 aliphatic heterocycles. The van der Waals surface area contributed by atoms with Gasteiger partial charge in [-0.2, -0.15) is 0 Å². The van der Waals surface area contributed by atoms with Gasteiger partial charge in [0.2, 0.25) is 5.91 Å². The van der Waals surface area contributed by atoms with Crippen LogP contribution >= 0.6 is 0 Å². The van der Waals surface area contributed by atoms with Gasteiger partial charge < -0.3 is 14.2 Å². The Labute approximate surface area is 126 Å². The Kier molecular flexibility index (Phi) is 4.02. The number of amides is 1. The molecule has 21 heavy (non-hydrogen) atoms. The molecule has 1 fully saturated rings. The number of carbonyl (C=O) groups is 1. The summed E-state index contributed by atoms with van der Waals surface area (Å²) in [5.74, 6) is 0.563. The minimum absolute atomic E-state index is 0.0201. The second-order valence-electron chi connectivity index (χ2n) is 6.31. The molecule has 0 N–H and O–H groups in total. The fourth-order valence-corrected chi connectivity index (χ4v) is 3.13. The quantitative estimate of drug-likeness (QED) is 0.836. The lowest BCUT2D eigenvalue weighted by atomic mass is 10.0. The summed E-state index contributed by atoms with van der Waals surface area (Å²) in [7, 11) is 0. The highest BCUT2D eigenvalue weighted by Gasteiger charge is 2.40. The van der Waals surface area contributed by atoms with Gasteiger partial charge in [-0.3, -0.25) is 4.79 Å². The van der Waals surface area contributed by atoms with Crippen LogP contribution in [0.4, 0.5) is 0 Å². The van der Waals surface area contributed by atoms with E-state index in [0.717, 1.165) is 31.5 Å². The van der Waals surface area contributed by atoms with E-state index >= 15 is 0 Å². The Morgan fingerprint density at radius 3 is 2.86 bits per heavy atom. The highest BCUT2D eigenvalue weighted by Crippen LogP contribution is 2.37. The molecule has 5 nitrogen and oxygen atoms in total. The van der Waals surface area contributed by atoms with Gasteiger partial charge in [-0.25, -0.2) is 4.98 Å². The molecule has 1 saturated carbocycles. The first-order valence-electron chi connectivity index (χ1n) is 8.07. The van der Waals surface area contributed by atoms with Crippen molar-refractivity contribution < 1.29 is 9.53 Å². The molecule has 0 spiro atoms. The second-order valence-corrected chi connectivity index (χ2v) is 6.31. The smallest absolute Gasteiger partial charge is 0.226 e. The third kappa shape index (κ3) is 2.71. The molecule has 1 amide bonds. The maximum atomic E-state index is 12.6. The summed E-state index contributed by atoms with van der Waals surface area (Å²) in [5, 5.41) is 0. The maximum Gasteiger partial charge on any atom is 0.226 e. The molecule has 0 radical (unpaired) electrons. The van der Waals surface area contributed by atoms with E-state index in [1.54, 1.807) is 0 Å². The van der Waals surface area contributed by atoms with Crippen molar-refractivity contribution >= 4 is 5.91 Å². The van der Waals surface area contributed by atoms with Gasteiger partial charge in [0.15, 0.2) is 0 Å². The average Bonchev–Trinajstić information content (AvgIpc) is 3.22. The number of ether oxygens (including phenoxy) is 1. The van der Waals surface area contributed by atoms with E-state index in [2.05, 4.69) is 23.4 Å². The van der Waals surface area contributed by atoms with Crippen LogP contribution in [0.5, 0.6) is 0 Å². The molecule has 116 valence electrons. The number of nitrogens with zero attached hydrogens (tertiary/aromatic N) is 3. The van der Waals surface area contributed by atoms with E-state index in [-0.39, 0.29) is 12.0 Å². The van der Waals surface area contributed by atoms with Crippen LogP contribution in [0.1, 0.15) is 57.1 Å². The minimum Gasteiger partial charge on any atom is -0.379 e. The van der Waals surface area contributed by atoms with Crippen molar-refractivity contribution in [2.45, 2.75) is 52.1 Å². The van der Waals surface area contributed by atoms with E-state index in [1.165, 1.54) is 5.69 Å². The van der Waals surface area contributed by atoms with Crippen LogP contribution in [0, 0.1) is 5.92 Å². The van der Waals surface area contributed by atoms with Crippen LogP contribution in [0.25, 0.3) is 0 Å². The largest absolute Gasteiger partial charge is 0.379 e. The highest BCUT2D eigenvalue weighted by atomic mass is 16.5. The van der Waals surface area contributed by atoms with Crippen molar-refractivity contribution in [3.05, 3.63) is 17.7 Å². The van der Waals surface area contributed by atoms with Crippen molar-refractivity contribution in [3.8, 4) is 0 Å². The molecular weight excluding hydrogens is 266 g/mol. The Balaban J connectivity index is 1.92. The monoisotopic (exact) mass is 291 g/mol. The zero-order chi connectivity index (χ0) is 15.0. The summed E-state index contributed by atoms with van der Waals surface area (Å²) in [6, 6.07) is 0.369. The first-order valence-corrected chi connectivity index (χ1v) is 8.07. The fraction of sp³-hybridized carbons (Fsp3) is 0.750. The van der Waals surface area contributed by atoms with Crippen LogP contribution in [0.15, 0.2) is 6.33 Å². The lowest BCUT2D eigenvalue weighted by molar-refractivity contribution is -0.137. The predicted octanol–water partition coefficient (Wildman–Crippen LogP) is 2.34. The molecular formula is C16H25N3O2. The summed E-state index contributed by atoms with van der Waals surface area (Å²) in [6.07, 6.45) is 4.87. The van der Waals surface area contributed by atoms with Crippen LogP contribution in [0.2, 0.25) is 0 Å². The van der Waals surface area contributed by atoms with Crippen LogP contribution in [0.3, 0.4) is 0 Å². The van der Waals surface area contributed by atoms with Gasteiger partial charge in [-0.15, -0.1) is 0 Å². The number of hydrogen-bond acceptors (Lipinski definition) is 3. The Bertz CT molecular complexity index is 520. The van der Waals surface area contributed by atoms with Gasteiger partial charge in [0.05, 0.1) is 30.4 Å². The fourth-order valence-electron chi connectivity index (χ4n) is 3.13. The van der Waals surface area contributed by atoms with Crippen molar-refractivity contribution in [1.82, 2.24) is 14.5 Å². The predicted molar refractivity (Wildman–Crippen MR) is 80.0 cm³/mol. The molecule has 2 aliphatic rings. The molecule has 5 heteroatoms. The standard InChI is InChI=1S/C16H25N3O2/c1-4-21-9-14-15-13(17-10-19(15)11(2)3)7-8-18(14)16(20)12-5-6-12/h10-12,14H,4-9H2,1-3H3. The zero-order valence-corrected chi connectivity index (χ0v) is 13.2. The topological polar surface area (TPSA) is 47.4 Å². The Morgan fingerprint density at radius 2 is 2.24 bits per heavy atom. The first kappa shape index (κ1) is 14.6. The van der Waals surface area contributed by atoms with Crippen LogP contribution in [-0.4, -0.2) is 40.1 Å². The summed E-state index contributed by atoms with van der Waals surface area (Å²) < 4.78 is 7.88. The maximum absolute atomic E-state index is 12.6. The summed E-state index contributed by atoms with van der Waals surface area (Å²) in [5.41, 5.74) is 2.31. The minimum atomic E-state index is 0.0201. The number of aromatic nitrogens is 2. The van der Waals surface area contributed by atoms with Gasteiger partial charge in [0.25, 0.3) is 0 Å². The molecule has 1 atom stereocenters. The van der Waals surface area contributed by atoms with Crippen molar-refractivity contribution in [2.75, 3.05) is 19.8 Å². The molecule has 3 rings (SSSR count). The zero-order valence-electron chi connectivity index (χ0n) is 13.2.